The van der Waals surface area contributed by atoms with E-state index in [0.29, 0.717) is 12.0 Å². The third kappa shape index (κ3) is 4.15. The van der Waals surface area contributed by atoms with Crippen LogP contribution in [0.15, 0.2) is 27.1 Å². The van der Waals surface area contributed by atoms with E-state index in [9.17, 15) is 0 Å². The minimum Gasteiger partial charge on any atom is -0.381 e. The zero-order chi connectivity index (χ0) is 11.4. The predicted molar refractivity (Wildman–Crippen MR) is 74.4 cm³/mol. The van der Waals surface area contributed by atoms with E-state index in [1.54, 1.807) is 0 Å². The third-order valence-electron chi connectivity index (χ3n) is 2.18. The van der Waals surface area contributed by atoms with Crippen molar-refractivity contribution in [2.75, 3.05) is 5.32 Å². The molecule has 0 heterocycles. The maximum absolute atomic E-state index is 3.55. The van der Waals surface area contributed by atoms with Crippen molar-refractivity contribution >= 4 is 37.5 Å². The number of hydrogen-bond donors (Lipinski definition) is 1. The van der Waals surface area contributed by atoms with Gasteiger partial charge in [-0.3, -0.25) is 0 Å². The molecule has 0 bridgehead atoms. The molecule has 15 heavy (non-hydrogen) atoms. The van der Waals surface area contributed by atoms with E-state index in [2.05, 4.69) is 70.1 Å². The van der Waals surface area contributed by atoms with Crippen molar-refractivity contribution in [2.45, 2.75) is 33.2 Å². The molecule has 3 heteroatoms. The molecule has 1 nitrogen and oxygen atoms in total. The molecule has 0 aromatic heterocycles. The van der Waals surface area contributed by atoms with E-state index in [1.807, 2.05) is 6.07 Å². The fourth-order valence-corrected chi connectivity index (χ4v) is 2.88. The molecule has 0 aliphatic rings. The van der Waals surface area contributed by atoms with Crippen LogP contribution in [-0.4, -0.2) is 6.04 Å². The van der Waals surface area contributed by atoms with Crippen LogP contribution in [0.3, 0.4) is 0 Å². The summed E-state index contributed by atoms with van der Waals surface area (Å²) in [5, 5.41) is 3.52. The van der Waals surface area contributed by atoms with Crippen LogP contribution in [0.4, 0.5) is 5.69 Å². The fourth-order valence-electron chi connectivity index (χ4n) is 1.65. The third-order valence-corrected chi connectivity index (χ3v) is 3.50. The smallest absolute Gasteiger partial charge is 0.0631 e. The highest BCUT2D eigenvalue weighted by molar-refractivity contribution is 9.11. The summed E-state index contributed by atoms with van der Waals surface area (Å²) >= 11 is 7.10. The van der Waals surface area contributed by atoms with Crippen molar-refractivity contribution < 1.29 is 0 Å². The zero-order valence-corrected chi connectivity index (χ0v) is 12.5. The normalized spacial score (nSPS) is 12.9. The molecule has 1 atom stereocenters. The second kappa shape index (κ2) is 5.90. The summed E-state index contributed by atoms with van der Waals surface area (Å²) in [5.41, 5.74) is 1.14. The number of anilines is 1. The van der Waals surface area contributed by atoms with Gasteiger partial charge in [-0.15, -0.1) is 0 Å². The first-order chi connectivity index (χ1) is 7.00. The minimum atomic E-state index is 0.486. The molecule has 0 saturated heterocycles. The first kappa shape index (κ1) is 13.0. The van der Waals surface area contributed by atoms with Crippen molar-refractivity contribution in [1.29, 1.82) is 0 Å². The van der Waals surface area contributed by atoms with Crippen LogP contribution < -0.4 is 5.32 Å². The van der Waals surface area contributed by atoms with E-state index < -0.39 is 0 Å². The van der Waals surface area contributed by atoms with Gasteiger partial charge in [0.1, 0.15) is 0 Å². The number of hydrogen-bond acceptors (Lipinski definition) is 1. The van der Waals surface area contributed by atoms with Crippen molar-refractivity contribution in [3.8, 4) is 0 Å². The van der Waals surface area contributed by atoms with Gasteiger partial charge < -0.3 is 5.32 Å². The maximum atomic E-state index is 3.55. The molecule has 1 rings (SSSR count). The quantitative estimate of drug-likeness (QED) is 0.811. The lowest BCUT2D eigenvalue weighted by atomic mass is 10.1. The van der Waals surface area contributed by atoms with E-state index >= 15 is 0 Å². The molecule has 84 valence electrons. The van der Waals surface area contributed by atoms with Crippen molar-refractivity contribution in [2.24, 2.45) is 5.92 Å². The number of para-hydroxylation sites is 1. The molecule has 0 saturated carbocycles. The minimum absolute atomic E-state index is 0.486. The van der Waals surface area contributed by atoms with E-state index in [1.165, 1.54) is 6.42 Å². The molecule has 0 radical (unpaired) electrons. The van der Waals surface area contributed by atoms with Crippen LogP contribution in [0.1, 0.15) is 27.2 Å². The molecule has 1 unspecified atom stereocenters. The van der Waals surface area contributed by atoms with Gasteiger partial charge in [0.25, 0.3) is 0 Å². The van der Waals surface area contributed by atoms with Gasteiger partial charge >= 0.3 is 0 Å². The monoisotopic (exact) mass is 333 g/mol. The molecule has 0 aliphatic heterocycles. The van der Waals surface area contributed by atoms with Crippen LogP contribution >= 0.6 is 31.9 Å². The first-order valence-corrected chi connectivity index (χ1v) is 6.80. The van der Waals surface area contributed by atoms with Crippen LogP contribution in [0.5, 0.6) is 0 Å². The zero-order valence-electron chi connectivity index (χ0n) is 9.35. The molecule has 1 N–H and O–H groups in total. The van der Waals surface area contributed by atoms with Crippen LogP contribution in [0.2, 0.25) is 0 Å². The molecule has 0 amide bonds. The van der Waals surface area contributed by atoms with E-state index in [-0.39, 0.29) is 0 Å². The highest BCUT2D eigenvalue weighted by atomic mass is 79.9. The van der Waals surface area contributed by atoms with Crippen LogP contribution in [-0.2, 0) is 0 Å². The summed E-state index contributed by atoms with van der Waals surface area (Å²) in [6.07, 6.45) is 1.17. The van der Waals surface area contributed by atoms with Crippen LogP contribution in [0, 0.1) is 5.92 Å². The Morgan fingerprint density at radius 2 is 1.67 bits per heavy atom. The second-order valence-electron chi connectivity index (χ2n) is 4.27. The van der Waals surface area contributed by atoms with Gasteiger partial charge in [0.2, 0.25) is 0 Å². The average molecular weight is 335 g/mol. The SMILES string of the molecule is CC(C)CC(C)Nc1c(Br)cccc1Br. The lowest BCUT2D eigenvalue weighted by Gasteiger charge is -2.19. The van der Waals surface area contributed by atoms with Gasteiger partial charge in [0.15, 0.2) is 0 Å². The molecule has 0 fully saturated rings. The van der Waals surface area contributed by atoms with Gasteiger partial charge in [-0.1, -0.05) is 19.9 Å². The number of nitrogens with one attached hydrogen (secondary N) is 1. The Morgan fingerprint density at radius 1 is 1.13 bits per heavy atom. The topological polar surface area (TPSA) is 12.0 Å². The highest BCUT2D eigenvalue weighted by Gasteiger charge is 2.09. The number of halogens is 2. The largest absolute Gasteiger partial charge is 0.381 e. The Hall–Kier alpha value is -0.0200. The summed E-state index contributed by atoms with van der Waals surface area (Å²) in [5.74, 6) is 0.716. The Labute approximate surface area is 109 Å². The molecular formula is C12H17Br2N. The molecular weight excluding hydrogens is 318 g/mol. The Morgan fingerprint density at radius 3 is 2.13 bits per heavy atom. The summed E-state index contributed by atoms with van der Waals surface area (Å²) in [6.45, 7) is 6.70. The van der Waals surface area contributed by atoms with Gasteiger partial charge in [0, 0.05) is 15.0 Å². The average Bonchev–Trinajstić information content (AvgIpc) is 2.10. The standard InChI is InChI=1S/C12H17Br2N/c1-8(2)7-9(3)15-12-10(13)5-4-6-11(12)14/h4-6,8-9,15H,7H2,1-3H3. The summed E-state index contributed by atoms with van der Waals surface area (Å²) in [4.78, 5) is 0. The van der Waals surface area contributed by atoms with Crippen molar-refractivity contribution in [3.05, 3.63) is 27.1 Å². The predicted octanol–water partition coefficient (Wildman–Crippen LogP) is 5.06. The highest BCUT2D eigenvalue weighted by Crippen LogP contribution is 2.31. The summed E-state index contributed by atoms with van der Waals surface area (Å²) in [6, 6.07) is 6.61. The Bertz CT molecular complexity index is 303. The summed E-state index contributed by atoms with van der Waals surface area (Å²) in [7, 11) is 0. The Kier molecular flexibility index (Phi) is 5.13. The fraction of sp³-hybridized carbons (Fsp3) is 0.500. The van der Waals surface area contributed by atoms with Crippen molar-refractivity contribution in [1.82, 2.24) is 0 Å². The van der Waals surface area contributed by atoms with Gasteiger partial charge in [-0.25, -0.2) is 0 Å². The molecule has 1 aromatic carbocycles. The number of benzene rings is 1. The summed E-state index contributed by atoms with van der Waals surface area (Å²) < 4.78 is 2.21. The molecule has 0 aliphatic carbocycles. The lowest BCUT2D eigenvalue weighted by molar-refractivity contribution is 0.539. The van der Waals surface area contributed by atoms with Gasteiger partial charge in [-0.05, 0) is 63.3 Å². The molecule has 0 spiro atoms. The van der Waals surface area contributed by atoms with Gasteiger partial charge in [-0.2, -0.15) is 0 Å². The maximum Gasteiger partial charge on any atom is 0.0631 e. The van der Waals surface area contributed by atoms with Crippen LogP contribution in [0.25, 0.3) is 0 Å². The second-order valence-corrected chi connectivity index (χ2v) is 5.98. The van der Waals surface area contributed by atoms with Gasteiger partial charge in [0.05, 0.1) is 5.69 Å². The molecule has 1 aromatic rings. The van der Waals surface area contributed by atoms with E-state index in [4.69, 9.17) is 0 Å². The van der Waals surface area contributed by atoms with E-state index in [0.717, 1.165) is 14.6 Å². The number of rotatable bonds is 4. The lowest BCUT2D eigenvalue weighted by Crippen LogP contribution is -2.17. The first-order valence-electron chi connectivity index (χ1n) is 5.21. The van der Waals surface area contributed by atoms with Crippen molar-refractivity contribution in [3.63, 3.8) is 0 Å². The Balaban J connectivity index is 2.71.